The fraction of sp³-hybridized carbons (Fsp3) is 1.00. The minimum absolute atomic E-state index is 0.412. The van der Waals surface area contributed by atoms with Gasteiger partial charge >= 0.3 is 8.80 Å². The van der Waals surface area contributed by atoms with E-state index in [1.807, 2.05) is 0 Å². The fourth-order valence-corrected chi connectivity index (χ4v) is 8.42. The van der Waals surface area contributed by atoms with E-state index in [0.29, 0.717) is 5.04 Å². The molecule has 0 bridgehead atoms. The first-order valence-corrected chi connectivity index (χ1v) is 12.6. The summed E-state index contributed by atoms with van der Waals surface area (Å²) in [5.74, 6) is 1.05. The normalized spacial score (nSPS) is 14.1. The molecule has 6 heteroatoms. The van der Waals surface area contributed by atoms with Crippen LogP contribution in [0.2, 0.25) is 24.2 Å². The van der Waals surface area contributed by atoms with E-state index in [0.717, 1.165) is 11.8 Å². The van der Waals surface area contributed by atoms with Gasteiger partial charge < -0.3 is 13.3 Å². The second-order valence-electron chi connectivity index (χ2n) is 5.65. The van der Waals surface area contributed by atoms with Crippen molar-refractivity contribution in [2.45, 2.75) is 44.9 Å². The molecule has 0 fully saturated rings. The first-order valence-electron chi connectivity index (χ1n) is 5.93. The van der Waals surface area contributed by atoms with Gasteiger partial charge in [-0.25, -0.2) is 0 Å². The van der Waals surface area contributed by atoms with Crippen molar-refractivity contribution in [2.24, 2.45) is 0 Å². The standard InChI is InChI=1S/C11H28O3SSi2/c1-11(2,3)16(7,8)15-9-10-17(12-4,13-5)14-6/h9-10H2,1-8H3. The highest BCUT2D eigenvalue weighted by molar-refractivity contribution is 8.29. The molecule has 0 unspecified atom stereocenters. The highest BCUT2D eigenvalue weighted by Crippen LogP contribution is 2.43. The van der Waals surface area contributed by atoms with Crippen LogP contribution in [0.15, 0.2) is 0 Å². The molecule has 0 aromatic heterocycles. The summed E-state index contributed by atoms with van der Waals surface area (Å²) in [7, 11) is 1.38. The quantitative estimate of drug-likeness (QED) is 0.671. The van der Waals surface area contributed by atoms with Gasteiger partial charge in [0.05, 0.1) is 0 Å². The van der Waals surface area contributed by atoms with Gasteiger partial charge in [-0.3, -0.25) is 0 Å². The van der Waals surface area contributed by atoms with E-state index >= 15 is 0 Å². The van der Waals surface area contributed by atoms with E-state index in [2.05, 4.69) is 45.1 Å². The molecule has 104 valence electrons. The van der Waals surface area contributed by atoms with E-state index in [-0.39, 0.29) is 0 Å². The van der Waals surface area contributed by atoms with E-state index in [1.165, 1.54) is 0 Å². The summed E-state index contributed by atoms with van der Waals surface area (Å²) in [5, 5.41) is 0.412. The fourth-order valence-electron chi connectivity index (χ4n) is 1.20. The van der Waals surface area contributed by atoms with E-state index in [9.17, 15) is 0 Å². The maximum Gasteiger partial charge on any atom is 0.500 e. The van der Waals surface area contributed by atoms with Gasteiger partial charge in [0.15, 0.2) is 0 Å². The van der Waals surface area contributed by atoms with Crippen LogP contribution in [0.3, 0.4) is 0 Å². The van der Waals surface area contributed by atoms with Gasteiger partial charge in [-0.15, -0.1) is 0 Å². The first kappa shape index (κ1) is 17.7. The van der Waals surface area contributed by atoms with Crippen LogP contribution in [0.1, 0.15) is 20.8 Å². The summed E-state index contributed by atoms with van der Waals surface area (Å²) in [6.07, 6.45) is 0. The monoisotopic (exact) mass is 296 g/mol. The Morgan fingerprint density at radius 3 is 1.65 bits per heavy atom. The lowest BCUT2D eigenvalue weighted by molar-refractivity contribution is 0.125. The SMILES string of the molecule is CO[Si](CCS[Si](C)(C)C(C)(C)C)(OC)OC. The minimum atomic E-state index is -2.37. The van der Waals surface area contributed by atoms with Crippen LogP contribution in [0.25, 0.3) is 0 Å². The largest absolute Gasteiger partial charge is 0.500 e. The minimum Gasteiger partial charge on any atom is -0.377 e. The summed E-state index contributed by atoms with van der Waals surface area (Å²) in [6.45, 7) is 11.8. The van der Waals surface area contributed by atoms with Crippen LogP contribution in [-0.4, -0.2) is 43.1 Å². The van der Waals surface area contributed by atoms with Gasteiger partial charge in [0.25, 0.3) is 0 Å². The zero-order valence-electron chi connectivity index (χ0n) is 12.5. The number of hydrogen-bond donors (Lipinski definition) is 0. The lowest BCUT2D eigenvalue weighted by Gasteiger charge is -2.36. The predicted octanol–water partition coefficient (Wildman–Crippen LogP) is 3.60. The molecular formula is C11H28O3SSi2. The molecule has 0 aliphatic rings. The molecule has 0 aliphatic carbocycles. The molecule has 17 heavy (non-hydrogen) atoms. The summed E-state index contributed by atoms with van der Waals surface area (Å²) in [5.41, 5.74) is 0. The maximum atomic E-state index is 5.43. The van der Waals surface area contributed by atoms with Gasteiger partial charge in [-0.05, 0) is 10.8 Å². The van der Waals surface area contributed by atoms with Gasteiger partial charge in [0, 0.05) is 27.4 Å². The molecule has 3 nitrogen and oxygen atoms in total. The summed E-state index contributed by atoms with van der Waals surface area (Å²) >= 11 is 2.09. The number of hydrogen-bond acceptors (Lipinski definition) is 4. The molecule has 0 saturated carbocycles. The van der Waals surface area contributed by atoms with Gasteiger partial charge in [-0.2, -0.15) is 11.2 Å². The Balaban J connectivity index is 4.32. The van der Waals surface area contributed by atoms with Crippen molar-refractivity contribution in [1.29, 1.82) is 0 Å². The van der Waals surface area contributed by atoms with Gasteiger partial charge in [0.2, 0.25) is 0 Å². The third-order valence-electron chi connectivity index (χ3n) is 3.61. The first-order chi connectivity index (χ1) is 7.64. The van der Waals surface area contributed by atoms with E-state index in [1.54, 1.807) is 21.3 Å². The molecular weight excluding hydrogens is 268 g/mol. The van der Waals surface area contributed by atoms with Crippen LogP contribution < -0.4 is 0 Å². The van der Waals surface area contributed by atoms with Crippen LogP contribution in [-0.2, 0) is 13.3 Å². The summed E-state index contributed by atoms with van der Waals surface area (Å²) in [6, 6.07) is 0.883. The lowest BCUT2D eigenvalue weighted by Crippen LogP contribution is -2.44. The Morgan fingerprint density at radius 1 is 0.941 bits per heavy atom. The third kappa shape index (κ3) is 5.04. The molecule has 0 aromatic carbocycles. The predicted molar refractivity (Wildman–Crippen MR) is 81.2 cm³/mol. The topological polar surface area (TPSA) is 27.7 Å². The highest BCUT2D eigenvalue weighted by atomic mass is 32.4. The Labute approximate surface area is 113 Å². The molecule has 0 radical (unpaired) electrons. The Morgan fingerprint density at radius 2 is 1.35 bits per heavy atom. The Kier molecular flexibility index (Phi) is 6.98. The van der Waals surface area contributed by atoms with E-state index < -0.39 is 16.0 Å². The zero-order chi connectivity index (χ0) is 13.7. The second kappa shape index (κ2) is 6.72. The van der Waals surface area contributed by atoms with Crippen molar-refractivity contribution >= 4 is 27.2 Å². The molecule has 0 N–H and O–H groups in total. The van der Waals surface area contributed by atoms with Crippen molar-refractivity contribution in [3.63, 3.8) is 0 Å². The summed E-state index contributed by atoms with van der Waals surface area (Å²) in [4.78, 5) is 0. The van der Waals surface area contributed by atoms with Gasteiger partial charge in [-0.1, -0.05) is 33.9 Å². The van der Waals surface area contributed by atoms with Crippen molar-refractivity contribution in [3.8, 4) is 0 Å². The van der Waals surface area contributed by atoms with Crippen molar-refractivity contribution in [1.82, 2.24) is 0 Å². The van der Waals surface area contributed by atoms with Crippen LogP contribution in [0.5, 0.6) is 0 Å². The average Bonchev–Trinajstić information content (AvgIpc) is 2.23. The molecule has 0 amide bonds. The molecule has 0 heterocycles. The van der Waals surface area contributed by atoms with E-state index in [4.69, 9.17) is 13.3 Å². The highest BCUT2D eigenvalue weighted by Gasteiger charge is 2.40. The molecule has 0 spiro atoms. The molecule has 0 aromatic rings. The maximum absolute atomic E-state index is 5.43. The molecule has 0 aliphatic heterocycles. The Bertz CT molecular complexity index is 215. The van der Waals surface area contributed by atoms with Crippen molar-refractivity contribution in [3.05, 3.63) is 0 Å². The smallest absolute Gasteiger partial charge is 0.377 e. The second-order valence-corrected chi connectivity index (χ2v) is 17.9. The van der Waals surface area contributed by atoms with Crippen LogP contribution in [0.4, 0.5) is 0 Å². The van der Waals surface area contributed by atoms with Crippen molar-refractivity contribution < 1.29 is 13.3 Å². The molecule has 0 atom stereocenters. The average molecular weight is 297 g/mol. The molecule has 0 rings (SSSR count). The summed E-state index contributed by atoms with van der Waals surface area (Å²) < 4.78 is 16.3. The van der Waals surface area contributed by atoms with Crippen LogP contribution in [0, 0.1) is 0 Å². The van der Waals surface area contributed by atoms with Gasteiger partial charge in [0.1, 0.15) is 7.22 Å². The zero-order valence-corrected chi connectivity index (χ0v) is 15.4. The van der Waals surface area contributed by atoms with Crippen molar-refractivity contribution in [2.75, 3.05) is 27.1 Å². The third-order valence-corrected chi connectivity index (χ3v) is 16.1. The lowest BCUT2D eigenvalue weighted by atomic mass is 10.2. The molecule has 0 saturated heterocycles. The number of rotatable bonds is 7. The Hall–Kier alpha value is 0.664. The van der Waals surface area contributed by atoms with Crippen LogP contribution >= 0.6 is 11.2 Å².